The van der Waals surface area contributed by atoms with Crippen molar-refractivity contribution in [3.63, 3.8) is 0 Å². The first-order valence-corrected chi connectivity index (χ1v) is 12.0. The third kappa shape index (κ3) is 8.84. The number of sulfonamides is 1. The number of guanidine groups is 1. The molecule has 0 unspecified atom stereocenters. The lowest BCUT2D eigenvalue weighted by Crippen LogP contribution is -2.41. The van der Waals surface area contributed by atoms with Crippen LogP contribution in [-0.2, 0) is 16.6 Å². The van der Waals surface area contributed by atoms with Gasteiger partial charge in [0, 0.05) is 25.2 Å². The Kier molecular flexibility index (Phi) is 12.4. The predicted molar refractivity (Wildman–Crippen MR) is 132 cm³/mol. The van der Waals surface area contributed by atoms with Crippen LogP contribution in [0.5, 0.6) is 11.5 Å². The molecule has 1 aromatic carbocycles. The van der Waals surface area contributed by atoms with Gasteiger partial charge in [-0.3, -0.25) is 0 Å². The van der Waals surface area contributed by atoms with Crippen LogP contribution < -0.4 is 24.8 Å². The fourth-order valence-electron chi connectivity index (χ4n) is 3.15. The number of ether oxygens (including phenoxy) is 2. The molecule has 0 amide bonds. The highest BCUT2D eigenvalue weighted by atomic mass is 127. The zero-order chi connectivity index (χ0) is 21.1. The van der Waals surface area contributed by atoms with Crippen molar-refractivity contribution in [2.24, 2.45) is 4.99 Å². The lowest BCUT2D eigenvalue weighted by Gasteiger charge is -2.19. The van der Waals surface area contributed by atoms with Crippen molar-refractivity contribution in [3.8, 4) is 11.5 Å². The molecule has 0 radical (unpaired) electrons. The second kappa shape index (κ2) is 13.9. The molecule has 2 rings (SSSR count). The van der Waals surface area contributed by atoms with Gasteiger partial charge in [0.2, 0.25) is 10.0 Å². The van der Waals surface area contributed by atoms with Gasteiger partial charge in [-0.05, 0) is 45.6 Å². The quantitative estimate of drug-likeness (QED) is 0.168. The zero-order valence-corrected chi connectivity index (χ0v) is 21.2. The minimum atomic E-state index is -3.19. The number of rotatable bonds is 11. The van der Waals surface area contributed by atoms with Crippen molar-refractivity contribution < 1.29 is 17.9 Å². The maximum absolute atomic E-state index is 11.5. The van der Waals surface area contributed by atoms with Crippen molar-refractivity contribution in [1.82, 2.24) is 15.4 Å². The average molecular weight is 554 g/mol. The van der Waals surface area contributed by atoms with Crippen molar-refractivity contribution in [2.75, 3.05) is 32.5 Å². The van der Waals surface area contributed by atoms with E-state index in [-0.39, 0.29) is 35.8 Å². The standard InChI is InChI=1S/C20H34N4O4S.HI/c1-4-21-20(22-13-14-24-29(25,26)5-2)23-15-16-9-8-12-18(27-3)19(16)28-17-10-6-7-11-17;/h8-9,12,17,24H,4-7,10-11,13-15H2,1-3H3,(H2,21,22,23);1H. The Bertz CT molecular complexity index is 768. The predicted octanol–water partition coefficient (Wildman–Crippen LogP) is 2.63. The van der Waals surface area contributed by atoms with E-state index in [0.717, 1.165) is 29.9 Å². The molecule has 0 bridgehead atoms. The van der Waals surface area contributed by atoms with Gasteiger partial charge in [-0.15, -0.1) is 24.0 Å². The molecule has 0 heterocycles. The highest BCUT2D eigenvalue weighted by molar-refractivity contribution is 14.0. The highest BCUT2D eigenvalue weighted by Crippen LogP contribution is 2.35. The SMILES string of the molecule is CCNC(=NCc1cccc(OC)c1OC1CCCC1)NCCNS(=O)(=O)CC.I. The molecule has 1 fully saturated rings. The van der Waals surface area contributed by atoms with Crippen LogP contribution in [-0.4, -0.2) is 53.0 Å². The number of aliphatic imine (C=N–C) groups is 1. The topological polar surface area (TPSA) is 101 Å². The van der Waals surface area contributed by atoms with Crippen LogP contribution >= 0.6 is 24.0 Å². The van der Waals surface area contributed by atoms with Crippen LogP contribution in [0.3, 0.4) is 0 Å². The van der Waals surface area contributed by atoms with E-state index in [1.54, 1.807) is 14.0 Å². The Hall–Kier alpha value is -1.27. The van der Waals surface area contributed by atoms with E-state index in [1.807, 2.05) is 25.1 Å². The van der Waals surface area contributed by atoms with Crippen LogP contribution in [0.4, 0.5) is 0 Å². The van der Waals surface area contributed by atoms with Gasteiger partial charge in [-0.2, -0.15) is 0 Å². The Morgan fingerprint density at radius 1 is 1.17 bits per heavy atom. The second-order valence-corrected chi connectivity index (χ2v) is 8.99. The second-order valence-electron chi connectivity index (χ2n) is 6.89. The Balaban J connectivity index is 0.00000450. The third-order valence-corrected chi connectivity index (χ3v) is 6.14. The molecule has 3 N–H and O–H groups in total. The minimum absolute atomic E-state index is 0. The summed E-state index contributed by atoms with van der Waals surface area (Å²) < 4.78 is 37.3. The van der Waals surface area contributed by atoms with Crippen molar-refractivity contribution >= 4 is 40.0 Å². The highest BCUT2D eigenvalue weighted by Gasteiger charge is 2.20. The van der Waals surface area contributed by atoms with Gasteiger partial charge in [0.25, 0.3) is 0 Å². The first-order valence-electron chi connectivity index (χ1n) is 10.3. The van der Waals surface area contributed by atoms with Gasteiger partial charge in [0.1, 0.15) is 0 Å². The summed E-state index contributed by atoms with van der Waals surface area (Å²) in [7, 11) is -1.54. The number of halogens is 1. The molecule has 1 aliphatic rings. The normalized spacial score (nSPS) is 14.8. The molecule has 30 heavy (non-hydrogen) atoms. The molecule has 172 valence electrons. The smallest absolute Gasteiger partial charge is 0.211 e. The molecule has 0 spiro atoms. The number of nitrogens with zero attached hydrogens (tertiary/aromatic N) is 1. The lowest BCUT2D eigenvalue weighted by atomic mass is 10.1. The van der Waals surface area contributed by atoms with Gasteiger partial charge < -0.3 is 20.1 Å². The summed E-state index contributed by atoms with van der Waals surface area (Å²) in [5, 5.41) is 6.32. The molecule has 0 aliphatic heterocycles. The molecule has 8 nitrogen and oxygen atoms in total. The van der Waals surface area contributed by atoms with E-state index in [4.69, 9.17) is 9.47 Å². The first-order chi connectivity index (χ1) is 14.0. The van der Waals surface area contributed by atoms with Crippen LogP contribution in [0.1, 0.15) is 45.1 Å². The first kappa shape index (κ1) is 26.8. The van der Waals surface area contributed by atoms with Crippen LogP contribution in [0, 0.1) is 0 Å². The molecular formula is C20H35IN4O4S. The minimum Gasteiger partial charge on any atom is -0.493 e. The Labute approximate surface area is 197 Å². The summed E-state index contributed by atoms with van der Waals surface area (Å²) in [4.78, 5) is 4.63. The molecular weight excluding hydrogens is 519 g/mol. The number of para-hydroxylation sites is 1. The average Bonchev–Trinajstić information content (AvgIpc) is 3.23. The van der Waals surface area contributed by atoms with Crippen molar-refractivity contribution in [2.45, 2.75) is 52.2 Å². The van der Waals surface area contributed by atoms with E-state index in [2.05, 4.69) is 20.3 Å². The Morgan fingerprint density at radius 3 is 2.53 bits per heavy atom. The fraction of sp³-hybridized carbons (Fsp3) is 0.650. The monoisotopic (exact) mass is 554 g/mol. The molecule has 0 atom stereocenters. The van der Waals surface area contributed by atoms with Crippen LogP contribution in [0.15, 0.2) is 23.2 Å². The molecule has 1 saturated carbocycles. The van der Waals surface area contributed by atoms with Crippen LogP contribution in [0.25, 0.3) is 0 Å². The van der Waals surface area contributed by atoms with E-state index >= 15 is 0 Å². The fourth-order valence-corrected chi connectivity index (χ4v) is 3.77. The maximum atomic E-state index is 11.5. The van der Waals surface area contributed by atoms with Crippen LogP contribution in [0.2, 0.25) is 0 Å². The summed E-state index contributed by atoms with van der Waals surface area (Å²) >= 11 is 0. The molecule has 0 aromatic heterocycles. The summed E-state index contributed by atoms with van der Waals surface area (Å²) in [5.41, 5.74) is 0.958. The van der Waals surface area contributed by atoms with Gasteiger partial charge in [0.15, 0.2) is 17.5 Å². The van der Waals surface area contributed by atoms with Gasteiger partial charge in [-0.1, -0.05) is 12.1 Å². The van der Waals surface area contributed by atoms with Gasteiger partial charge in [-0.25, -0.2) is 18.1 Å². The number of nitrogens with one attached hydrogen (secondary N) is 3. The lowest BCUT2D eigenvalue weighted by molar-refractivity contribution is 0.198. The molecule has 1 aliphatic carbocycles. The summed E-state index contributed by atoms with van der Waals surface area (Å²) in [6.07, 6.45) is 4.76. The zero-order valence-electron chi connectivity index (χ0n) is 18.1. The summed E-state index contributed by atoms with van der Waals surface area (Å²) in [6.45, 7) is 5.47. The van der Waals surface area contributed by atoms with Gasteiger partial charge in [0.05, 0.1) is 25.5 Å². The van der Waals surface area contributed by atoms with E-state index in [0.29, 0.717) is 32.1 Å². The van der Waals surface area contributed by atoms with Gasteiger partial charge >= 0.3 is 0 Å². The van der Waals surface area contributed by atoms with E-state index in [9.17, 15) is 8.42 Å². The summed E-state index contributed by atoms with van der Waals surface area (Å²) in [6, 6.07) is 5.83. The third-order valence-electron chi connectivity index (χ3n) is 4.74. The van der Waals surface area contributed by atoms with E-state index in [1.165, 1.54) is 12.8 Å². The van der Waals surface area contributed by atoms with E-state index < -0.39 is 10.0 Å². The number of methoxy groups -OCH3 is 1. The number of hydrogen-bond acceptors (Lipinski definition) is 5. The maximum Gasteiger partial charge on any atom is 0.211 e. The number of benzene rings is 1. The van der Waals surface area contributed by atoms with Crippen molar-refractivity contribution in [1.29, 1.82) is 0 Å². The molecule has 10 heteroatoms. The Morgan fingerprint density at radius 2 is 1.90 bits per heavy atom. The summed E-state index contributed by atoms with van der Waals surface area (Å²) in [5.74, 6) is 2.17. The molecule has 0 saturated heterocycles. The largest absolute Gasteiger partial charge is 0.493 e. The number of hydrogen-bond donors (Lipinski definition) is 3. The molecule has 1 aromatic rings. The van der Waals surface area contributed by atoms with Crippen molar-refractivity contribution in [3.05, 3.63) is 23.8 Å².